The van der Waals surface area contributed by atoms with Crippen LogP contribution in [0, 0.1) is 5.92 Å². The first-order chi connectivity index (χ1) is 13.1. The summed E-state index contributed by atoms with van der Waals surface area (Å²) in [6.07, 6.45) is 3.89. The van der Waals surface area contributed by atoms with Crippen molar-refractivity contribution < 1.29 is 9.84 Å². The number of aliphatic hydroxyl groups is 1. The Hall–Kier alpha value is -1.66. The number of rotatable bonds is 6. The summed E-state index contributed by atoms with van der Waals surface area (Å²) in [5.74, 6) is 1.97. The van der Waals surface area contributed by atoms with Gasteiger partial charge in [-0.2, -0.15) is 0 Å². The molecule has 1 heterocycles. The molecule has 1 saturated heterocycles. The zero-order valence-corrected chi connectivity index (χ0v) is 17.0. The molecule has 3 unspecified atom stereocenters. The van der Waals surface area contributed by atoms with Crippen molar-refractivity contribution in [2.75, 3.05) is 38.2 Å². The Morgan fingerprint density at radius 2 is 2.22 bits per heavy atom. The van der Waals surface area contributed by atoms with Gasteiger partial charge < -0.3 is 25.4 Å². The summed E-state index contributed by atoms with van der Waals surface area (Å²) in [6.45, 7) is 5.37. The zero-order valence-electron chi connectivity index (χ0n) is 16.2. The SMILES string of the molecule is CCNC(=NCC1CCCC1O)NC1CCN(c2cc(Cl)ccc2OC)C1. The van der Waals surface area contributed by atoms with Crippen LogP contribution in [0.3, 0.4) is 0 Å². The molecule has 0 aromatic heterocycles. The summed E-state index contributed by atoms with van der Waals surface area (Å²) < 4.78 is 5.49. The molecule has 3 atom stereocenters. The molecular formula is C20H31ClN4O2. The van der Waals surface area contributed by atoms with E-state index in [1.807, 2.05) is 18.2 Å². The second kappa shape index (κ2) is 9.51. The number of halogens is 1. The molecule has 3 N–H and O–H groups in total. The van der Waals surface area contributed by atoms with Gasteiger partial charge in [-0.05, 0) is 44.4 Å². The third-order valence-electron chi connectivity index (χ3n) is 5.46. The van der Waals surface area contributed by atoms with Crippen LogP contribution >= 0.6 is 11.6 Å². The summed E-state index contributed by atoms with van der Waals surface area (Å²) in [6, 6.07) is 6.03. The normalized spacial score (nSPS) is 25.7. The molecule has 27 heavy (non-hydrogen) atoms. The van der Waals surface area contributed by atoms with Crippen LogP contribution in [0.4, 0.5) is 5.69 Å². The van der Waals surface area contributed by atoms with Gasteiger partial charge in [-0.15, -0.1) is 0 Å². The van der Waals surface area contributed by atoms with Gasteiger partial charge >= 0.3 is 0 Å². The van der Waals surface area contributed by atoms with E-state index in [0.29, 0.717) is 17.6 Å². The van der Waals surface area contributed by atoms with Crippen molar-refractivity contribution in [1.82, 2.24) is 10.6 Å². The lowest BCUT2D eigenvalue weighted by atomic mass is 10.1. The van der Waals surface area contributed by atoms with Crippen molar-refractivity contribution in [3.63, 3.8) is 0 Å². The molecule has 2 fully saturated rings. The molecule has 1 aromatic rings. The molecule has 1 aliphatic carbocycles. The topological polar surface area (TPSA) is 69.1 Å². The highest BCUT2D eigenvalue weighted by Gasteiger charge is 2.27. The second-order valence-electron chi connectivity index (χ2n) is 7.37. The van der Waals surface area contributed by atoms with E-state index < -0.39 is 0 Å². The van der Waals surface area contributed by atoms with E-state index in [1.54, 1.807) is 7.11 Å². The number of ether oxygens (including phenoxy) is 1. The standard InChI is InChI=1S/C20H31ClN4O2/c1-3-22-20(23-12-14-5-4-6-18(14)26)24-16-9-10-25(13-16)17-11-15(21)7-8-19(17)27-2/h7-8,11,14,16,18,26H,3-6,9-10,12-13H2,1-2H3,(H2,22,23,24). The molecule has 0 amide bonds. The molecule has 1 aliphatic heterocycles. The number of nitrogens with zero attached hydrogens (tertiary/aromatic N) is 2. The average molecular weight is 395 g/mol. The zero-order chi connectivity index (χ0) is 19.2. The van der Waals surface area contributed by atoms with E-state index in [1.165, 1.54) is 0 Å². The fourth-order valence-corrected chi connectivity index (χ4v) is 4.13. The third-order valence-corrected chi connectivity index (χ3v) is 5.69. The molecule has 0 bridgehead atoms. The first kappa shape index (κ1) is 20.1. The van der Waals surface area contributed by atoms with Crippen molar-refractivity contribution >= 4 is 23.2 Å². The van der Waals surface area contributed by atoms with E-state index in [0.717, 1.165) is 62.7 Å². The van der Waals surface area contributed by atoms with Crippen LogP contribution in [0.5, 0.6) is 5.75 Å². The minimum Gasteiger partial charge on any atom is -0.495 e. The molecule has 0 radical (unpaired) electrons. The number of benzene rings is 1. The second-order valence-corrected chi connectivity index (χ2v) is 7.81. The van der Waals surface area contributed by atoms with Crippen molar-refractivity contribution in [2.24, 2.45) is 10.9 Å². The van der Waals surface area contributed by atoms with Crippen LogP contribution in [0.25, 0.3) is 0 Å². The summed E-state index contributed by atoms with van der Waals surface area (Å²) in [5.41, 5.74) is 1.03. The Kier molecular flexibility index (Phi) is 7.07. The number of hydrogen-bond donors (Lipinski definition) is 3. The fourth-order valence-electron chi connectivity index (χ4n) is 3.96. The summed E-state index contributed by atoms with van der Waals surface area (Å²) in [4.78, 5) is 7.02. The van der Waals surface area contributed by atoms with E-state index in [-0.39, 0.29) is 12.0 Å². The minimum absolute atomic E-state index is 0.200. The van der Waals surface area contributed by atoms with Crippen molar-refractivity contribution in [3.8, 4) is 5.75 Å². The summed E-state index contributed by atoms with van der Waals surface area (Å²) >= 11 is 6.18. The highest BCUT2D eigenvalue weighted by molar-refractivity contribution is 6.30. The molecule has 1 saturated carbocycles. The Morgan fingerprint density at radius 3 is 2.93 bits per heavy atom. The van der Waals surface area contributed by atoms with Crippen molar-refractivity contribution in [3.05, 3.63) is 23.2 Å². The maximum absolute atomic E-state index is 10.0. The third kappa shape index (κ3) is 5.20. The predicted octanol–water partition coefficient (Wildman–Crippen LogP) is 2.64. The van der Waals surface area contributed by atoms with Crippen molar-refractivity contribution in [2.45, 2.75) is 44.8 Å². The van der Waals surface area contributed by atoms with Crippen LogP contribution < -0.4 is 20.3 Å². The quantitative estimate of drug-likeness (QED) is 0.511. The maximum atomic E-state index is 10.0. The number of aliphatic imine (C=N–C) groups is 1. The van der Waals surface area contributed by atoms with Gasteiger partial charge in [-0.25, -0.2) is 0 Å². The number of methoxy groups -OCH3 is 1. The number of hydrogen-bond acceptors (Lipinski definition) is 4. The Morgan fingerprint density at radius 1 is 1.37 bits per heavy atom. The number of aliphatic hydroxyl groups excluding tert-OH is 1. The molecule has 7 heteroatoms. The van der Waals surface area contributed by atoms with E-state index in [4.69, 9.17) is 21.3 Å². The highest BCUT2D eigenvalue weighted by atomic mass is 35.5. The van der Waals surface area contributed by atoms with Gasteiger partial charge in [-0.3, -0.25) is 4.99 Å². The summed E-state index contributed by atoms with van der Waals surface area (Å²) in [7, 11) is 1.69. The largest absolute Gasteiger partial charge is 0.495 e. The average Bonchev–Trinajstić information content (AvgIpc) is 3.29. The van der Waals surface area contributed by atoms with Crippen molar-refractivity contribution in [1.29, 1.82) is 0 Å². The van der Waals surface area contributed by atoms with Gasteiger partial charge in [0.15, 0.2) is 5.96 Å². The number of guanidine groups is 1. The van der Waals surface area contributed by atoms with Gasteiger partial charge in [-0.1, -0.05) is 18.0 Å². The lowest BCUT2D eigenvalue weighted by Gasteiger charge is -2.22. The lowest BCUT2D eigenvalue weighted by Crippen LogP contribution is -2.45. The Labute approximate surface area is 166 Å². The maximum Gasteiger partial charge on any atom is 0.191 e. The first-order valence-corrected chi connectivity index (χ1v) is 10.3. The monoisotopic (exact) mass is 394 g/mol. The van der Waals surface area contributed by atoms with Crippen LogP contribution in [-0.4, -0.2) is 56.5 Å². The molecule has 3 rings (SSSR count). The molecule has 0 spiro atoms. The molecule has 1 aromatic carbocycles. The van der Waals surface area contributed by atoms with Gasteiger partial charge in [0.1, 0.15) is 5.75 Å². The van der Waals surface area contributed by atoms with Crippen LogP contribution in [-0.2, 0) is 0 Å². The lowest BCUT2D eigenvalue weighted by molar-refractivity contribution is 0.136. The minimum atomic E-state index is -0.200. The van der Waals surface area contributed by atoms with E-state index >= 15 is 0 Å². The molecule has 2 aliphatic rings. The van der Waals surface area contributed by atoms with E-state index in [2.05, 4.69) is 22.5 Å². The fraction of sp³-hybridized carbons (Fsp3) is 0.650. The Balaban J connectivity index is 1.60. The van der Waals surface area contributed by atoms with Gasteiger partial charge in [0.25, 0.3) is 0 Å². The first-order valence-electron chi connectivity index (χ1n) is 9.92. The van der Waals surface area contributed by atoms with Crippen LogP contribution in [0.1, 0.15) is 32.6 Å². The Bertz CT molecular complexity index is 655. The molecule has 6 nitrogen and oxygen atoms in total. The smallest absolute Gasteiger partial charge is 0.191 e. The van der Waals surface area contributed by atoms with Crippen LogP contribution in [0.15, 0.2) is 23.2 Å². The predicted molar refractivity (Wildman–Crippen MR) is 111 cm³/mol. The van der Waals surface area contributed by atoms with E-state index in [9.17, 15) is 5.11 Å². The summed E-state index contributed by atoms with van der Waals surface area (Å²) in [5, 5.41) is 17.6. The van der Waals surface area contributed by atoms with Gasteiger partial charge in [0.05, 0.1) is 18.9 Å². The molecular weight excluding hydrogens is 364 g/mol. The van der Waals surface area contributed by atoms with Gasteiger partial charge in [0, 0.05) is 43.2 Å². The number of nitrogens with one attached hydrogen (secondary N) is 2. The number of anilines is 1. The van der Waals surface area contributed by atoms with Crippen LogP contribution in [0.2, 0.25) is 5.02 Å². The molecule has 150 valence electrons. The highest BCUT2D eigenvalue weighted by Crippen LogP contribution is 2.33. The van der Waals surface area contributed by atoms with Gasteiger partial charge in [0.2, 0.25) is 0 Å².